The topological polar surface area (TPSA) is 92.3 Å². The van der Waals surface area contributed by atoms with Crippen LogP contribution in [0.25, 0.3) is 0 Å². The van der Waals surface area contributed by atoms with E-state index in [-0.39, 0.29) is 11.8 Å². The second-order valence-corrected chi connectivity index (χ2v) is 7.53. The molecular formula is C24H28N4O4S2. The summed E-state index contributed by atoms with van der Waals surface area (Å²) < 4.78 is 10.2. The molecular weight excluding hydrogens is 472 g/mol. The highest BCUT2D eigenvalue weighted by atomic mass is 32.1. The SMILES string of the molecule is C1COCCN1.O=C(N=C=S)c1ccccc1.O=C(NC(=S)N1CCOCC1)c1ccccc1. The molecule has 2 N–H and O–H groups in total. The van der Waals surface area contributed by atoms with Gasteiger partial charge in [-0.3, -0.25) is 14.9 Å². The summed E-state index contributed by atoms with van der Waals surface area (Å²) in [5.41, 5.74) is 1.15. The molecule has 2 aliphatic heterocycles. The van der Waals surface area contributed by atoms with Gasteiger partial charge in [-0.25, -0.2) is 0 Å². The van der Waals surface area contributed by atoms with Gasteiger partial charge in [-0.05, 0) is 48.7 Å². The highest BCUT2D eigenvalue weighted by molar-refractivity contribution is 7.80. The zero-order chi connectivity index (χ0) is 24.4. The van der Waals surface area contributed by atoms with Crippen molar-refractivity contribution < 1.29 is 19.1 Å². The third kappa shape index (κ3) is 10.8. The zero-order valence-electron chi connectivity index (χ0n) is 18.8. The summed E-state index contributed by atoms with van der Waals surface area (Å²) in [7, 11) is 0. The molecule has 0 saturated carbocycles. The molecule has 2 aromatic carbocycles. The Morgan fingerprint density at radius 3 is 1.88 bits per heavy atom. The average molecular weight is 501 g/mol. The van der Waals surface area contributed by atoms with E-state index >= 15 is 0 Å². The fourth-order valence-corrected chi connectivity index (χ4v) is 3.16. The maximum atomic E-state index is 11.8. The third-order valence-electron chi connectivity index (χ3n) is 4.57. The number of thiocarbonyl (C=S) groups is 2. The molecule has 0 spiro atoms. The van der Waals surface area contributed by atoms with E-state index in [1.54, 1.807) is 36.4 Å². The van der Waals surface area contributed by atoms with E-state index in [4.69, 9.17) is 21.7 Å². The molecule has 2 saturated heterocycles. The quantitative estimate of drug-likeness (QED) is 0.480. The fraction of sp³-hybridized carbons (Fsp3) is 0.333. The molecule has 8 nitrogen and oxygen atoms in total. The van der Waals surface area contributed by atoms with E-state index < -0.39 is 0 Å². The van der Waals surface area contributed by atoms with Crippen LogP contribution in [0.5, 0.6) is 0 Å². The smallest absolute Gasteiger partial charge is 0.285 e. The molecule has 2 aromatic rings. The number of morpholine rings is 2. The van der Waals surface area contributed by atoms with Crippen molar-refractivity contribution in [2.45, 2.75) is 0 Å². The van der Waals surface area contributed by atoms with Crippen molar-refractivity contribution in [2.75, 3.05) is 52.6 Å². The monoisotopic (exact) mass is 500 g/mol. The third-order valence-corrected chi connectivity index (χ3v) is 5.02. The van der Waals surface area contributed by atoms with Gasteiger partial charge in [0.05, 0.1) is 31.6 Å². The molecule has 180 valence electrons. The number of nitrogens with one attached hydrogen (secondary N) is 2. The Bertz CT molecular complexity index is 932. The minimum absolute atomic E-state index is 0.165. The molecule has 0 radical (unpaired) electrons. The van der Waals surface area contributed by atoms with Crippen molar-refractivity contribution in [2.24, 2.45) is 4.99 Å². The van der Waals surface area contributed by atoms with Crippen LogP contribution >= 0.6 is 24.4 Å². The van der Waals surface area contributed by atoms with E-state index in [9.17, 15) is 9.59 Å². The van der Waals surface area contributed by atoms with Crippen molar-refractivity contribution in [1.29, 1.82) is 0 Å². The van der Waals surface area contributed by atoms with Gasteiger partial charge in [0.1, 0.15) is 0 Å². The molecule has 2 fully saturated rings. The molecule has 0 aromatic heterocycles. The lowest BCUT2D eigenvalue weighted by Gasteiger charge is -2.28. The molecule has 2 heterocycles. The van der Waals surface area contributed by atoms with Crippen LogP contribution in [0.2, 0.25) is 0 Å². The number of carbonyl (C=O) groups is 2. The van der Waals surface area contributed by atoms with E-state index in [0.717, 1.165) is 39.4 Å². The lowest BCUT2D eigenvalue weighted by Crippen LogP contribution is -2.47. The highest BCUT2D eigenvalue weighted by Gasteiger charge is 2.16. The number of nitrogens with zero attached hydrogens (tertiary/aromatic N) is 2. The molecule has 0 bridgehead atoms. The van der Waals surface area contributed by atoms with Crippen LogP contribution in [0, 0.1) is 0 Å². The zero-order valence-corrected chi connectivity index (χ0v) is 20.4. The minimum Gasteiger partial charge on any atom is -0.379 e. The fourth-order valence-electron chi connectivity index (χ4n) is 2.81. The van der Waals surface area contributed by atoms with Crippen LogP contribution in [0.15, 0.2) is 65.7 Å². The number of amides is 2. The lowest BCUT2D eigenvalue weighted by molar-refractivity contribution is 0.0669. The Kier molecular flexibility index (Phi) is 13.5. The normalized spacial score (nSPS) is 14.6. The van der Waals surface area contributed by atoms with Gasteiger partial charge in [-0.1, -0.05) is 36.4 Å². The first-order chi connectivity index (χ1) is 16.6. The lowest BCUT2D eigenvalue weighted by atomic mass is 10.2. The number of carbonyl (C=O) groups excluding carboxylic acids is 2. The maximum Gasteiger partial charge on any atom is 0.285 e. The number of aliphatic imine (C=N–C) groups is 1. The Morgan fingerprint density at radius 2 is 1.41 bits per heavy atom. The molecule has 2 amide bonds. The van der Waals surface area contributed by atoms with Crippen LogP contribution in [0.4, 0.5) is 0 Å². The number of benzene rings is 2. The number of rotatable bonds is 2. The van der Waals surface area contributed by atoms with Gasteiger partial charge in [-0.15, -0.1) is 0 Å². The van der Waals surface area contributed by atoms with Gasteiger partial charge in [0.15, 0.2) is 5.11 Å². The van der Waals surface area contributed by atoms with E-state index in [2.05, 4.69) is 27.8 Å². The first-order valence-electron chi connectivity index (χ1n) is 10.8. The summed E-state index contributed by atoms with van der Waals surface area (Å²) in [5, 5.41) is 8.39. The summed E-state index contributed by atoms with van der Waals surface area (Å²) >= 11 is 9.48. The second kappa shape index (κ2) is 16.7. The molecule has 4 rings (SSSR count). The van der Waals surface area contributed by atoms with Crippen LogP contribution in [-0.4, -0.2) is 79.6 Å². The van der Waals surface area contributed by atoms with Gasteiger partial charge < -0.3 is 19.7 Å². The maximum absolute atomic E-state index is 11.8. The summed E-state index contributed by atoms with van der Waals surface area (Å²) in [4.78, 5) is 28.1. The molecule has 10 heteroatoms. The minimum atomic E-state index is -0.347. The highest BCUT2D eigenvalue weighted by Crippen LogP contribution is 2.01. The van der Waals surface area contributed by atoms with Gasteiger partial charge in [0.2, 0.25) is 0 Å². The van der Waals surface area contributed by atoms with Crippen LogP contribution in [0.3, 0.4) is 0 Å². The average Bonchev–Trinajstić information content (AvgIpc) is 2.92. The number of ether oxygens (including phenoxy) is 2. The Hall–Kier alpha value is -2.85. The van der Waals surface area contributed by atoms with Gasteiger partial charge in [-0.2, -0.15) is 4.99 Å². The standard InChI is InChI=1S/C12H14N2O2S.C8H5NOS.C4H9NO/c15-11(10-4-2-1-3-5-10)13-12(17)14-6-8-16-9-7-14;10-8(9-6-11)7-4-2-1-3-5-7;1-3-6-4-2-5-1/h1-5H,6-9H2,(H,13,15,17);1-5H;5H,1-4H2. The first-order valence-corrected chi connectivity index (χ1v) is 11.6. The van der Waals surface area contributed by atoms with Crippen LogP contribution in [0.1, 0.15) is 20.7 Å². The summed E-state index contributed by atoms with van der Waals surface area (Å²) in [6.45, 7) is 6.60. The second-order valence-electron chi connectivity index (χ2n) is 6.96. The van der Waals surface area contributed by atoms with Crippen molar-refractivity contribution in [3.05, 3.63) is 71.8 Å². The molecule has 2 aliphatic rings. The van der Waals surface area contributed by atoms with Gasteiger partial charge in [0, 0.05) is 37.3 Å². The first kappa shape index (κ1) is 27.4. The Labute approximate surface area is 210 Å². The summed E-state index contributed by atoms with van der Waals surface area (Å²) in [5.74, 6) is -0.511. The van der Waals surface area contributed by atoms with Crippen LogP contribution < -0.4 is 10.6 Å². The molecule has 0 unspecified atom stereocenters. The predicted octanol–water partition coefficient (Wildman–Crippen LogP) is 2.57. The molecule has 34 heavy (non-hydrogen) atoms. The number of isothiocyanates is 1. The van der Waals surface area contributed by atoms with E-state index in [1.807, 2.05) is 34.3 Å². The number of hydrogen-bond acceptors (Lipinski definition) is 7. The summed E-state index contributed by atoms with van der Waals surface area (Å²) in [6, 6.07) is 17.8. The van der Waals surface area contributed by atoms with Gasteiger partial charge >= 0.3 is 0 Å². The Morgan fingerprint density at radius 1 is 0.882 bits per heavy atom. The van der Waals surface area contributed by atoms with Crippen molar-refractivity contribution in [3.8, 4) is 0 Å². The van der Waals surface area contributed by atoms with E-state index in [1.165, 1.54) is 0 Å². The molecule has 0 atom stereocenters. The summed E-state index contributed by atoms with van der Waals surface area (Å²) in [6.07, 6.45) is 0. The number of hydrogen-bond donors (Lipinski definition) is 2. The van der Waals surface area contributed by atoms with Crippen molar-refractivity contribution in [1.82, 2.24) is 15.5 Å². The van der Waals surface area contributed by atoms with Crippen molar-refractivity contribution >= 4 is 46.5 Å². The van der Waals surface area contributed by atoms with Gasteiger partial charge in [0.25, 0.3) is 11.8 Å². The predicted molar refractivity (Wildman–Crippen MR) is 138 cm³/mol. The van der Waals surface area contributed by atoms with Crippen molar-refractivity contribution in [3.63, 3.8) is 0 Å². The van der Waals surface area contributed by atoms with Crippen LogP contribution in [-0.2, 0) is 9.47 Å². The van der Waals surface area contributed by atoms with E-state index in [0.29, 0.717) is 29.5 Å². The molecule has 0 aliphatic carbocycles. The largest absolute Gasteiger partial charge is 0.379 e. The Balaban J connectivity index is 0.000000204.